The standard InChI is InChI=1S/C16H18N2O7/c19-13-7-8-14(20)18(13)25-16(22)23-10-4-9-17-15(21)24-11-12-5-2-1-3-6-12/h1-3,5-6H,4,7-11H2,(H,17,21). The third-order valence-corrected chi connectivity index (χ3v) is 3.19. The Hall–Kier alpha value is -3.10. The van der Waals surface area contributed by atoms with Crippen molar-refractivity contribution in [3.63, 3.8) is 0 Å². The maximum absolute atomic E-state index is 11.5. The van der Waals surface area contributed by atoms with Gasteiger partial charge in [-0.2, -0.15) is 0 Å². The normalized spacial score (nSPS) is 13.5. The molecular weight excluding hydrogens is 332 g/mol. The number of ether oxygens (including phenoxy) is 2. The van der Waals surface area contributed by atoms with E-state index in [1.165, 1.54) is 0 Å². The zero-order chi connectivity index (χ0) is 18.1. The second kappa shape index (κ2) is 9.26. The van der Waals surface area contributed by atoms with Crippen LogP contribution in [0.5, 0.6) is 0 Å². The average Bonchev–Trinajstić information content (AvgIpc) is 2.92. The van der Waals surface area contributed by atoms with Crippen molar-refractivity contribution in [1.82, 2.24) is 10.4 Å². The Morgan fingerprint density at radius 3 is 2.40 bits per heavy atom. The predicted molar refractivity (Wildman–Crippen MR) is 82.8 cm³/mol. The summed E-state index contributed by atoms with van der Waals surface area (Å²) in [7, 11) is 0. The van der Waals surface area contributed by atoms with E-state index in [1.54, 1.807) is 0 Å². The molecule has 1 fully saturated rings. The van der Waals surface area contributed by atoms with Gasteiger partial charge in [-0.1, -0.05) is 35.4 Å². The third-order valence-electron chi connectivity index (χ3n) is 3.19. The van der Waals surface area contributed by atoms with Gasteiger partial charge in [-0.3, -0.25) is 14.4 Å². The molecule has 2 rings (SSSR count). The van der Waals surface area contributed by atoms with Crippen molar-refractivity contribution in [2.24, 2.45) is 0 Å². The number of alkyl carbamates (subject to hydrolysis) is 1. The van der Waals surface area contributed by atoms with Crippen LogP contribution in [-0.4, -0.2) is 42.3 Å². The van der Waals surface area contributed by atoms with Gasteiger partial charge in [0.15, 0.2) is 0 Å². The fraction of sp³-hybridized carbons (Fsp3) is 0.375. The van der Waals surface area contributed by atoms with Crippen molar-refractivity contribution in [1.29, 1.82) is 0 Å². The SMILES string of the molecule is O=C(NCCCOC(=O)ON1C(=O)CCC1=O)OCc1ccccc1. The number of rotatable bonds is 7. The van der Waals surface area contributed by atoms with Gasteiger partial charge in [-0.05, 0) is 12.0 Å². The molecule has 1 aromatic carbocycles. The summed E-state index contributed by atoms with van der Waals surface area (Å²) in [5, 5.41) is 2.91. The Labute approximate surface area is 143 Å². The van der Waals surface area contributed by atoms with E-state index in [0.29, 0.717) is 11.5 Å². The first-order chi connectivity index (χ1) is 12.1. The topological polar surface area (TPSA) is 111 Å². The summed E-state index contributed by atoms with van der Waals surface area (Å²) < 4.78 is 9.72. The summed E-state index contributed by atoms with van der Waals surface area (Å²) >= 11 is 0. The minimum Gasteiger partial charge on any atom is -0.445 e. The van der Waals surface area contributed by atoms with E-state index < -0.39 is 24.1 Å². The first-order valence-corrected chi connectivity index (χ1v) is 7.71. The molecule has 1 aliphatic rings. The van der Waals surface area contributed by atoms with E-state index in [2.05, 4.69) is 10.2 Å². The highest BCUT2D eigenvalue weighted by atomic mass is 16.8. The van der Waals surface area contributed by atoms with Gasteiger partial charge in [0.05, 0.1) is 6.61 Å². The molecule has 1 heterocycles. The van der Waals surface area contributed by atoms with Gasteiger partial charge in [0.2, 0.25) is 0 Å². The lowest BCUT2D eigenvalue weighted by atomic mass is 10.2. The first kappa shape index (κ1) is 18.2. The lowest BCUT2D eigenvalue weighted by molar-refractivity contribution is -0.177. The maximum atomic E-state index is 11.5. The Bertz CT molecular complexity index is 617. The quantitative estimate of drug-likeness (QED) is 0.451. The van der Waals surface area contributed by atoms with Gasteiger partial charge in [-0.15, -0.1) is 0 Å². The molecule has 1 aromatic rings. The molecule has 0 aromatic heterocycles. The number of nitrogens with one attached hydrogen (secondary N) is 1. The Morgan fingerprint density at radius 1 is 1.04 bits per heavy atom. The number of hydrogen-bond donors (Lipinski definition) is 1. The number of amides is 3. The molecule has 0 radical (unpaired) electrons. The highest BCUT2D eigenvalue weighted by molar-refractivity contribution is 6.01. The predicted octanol–water partition coefficient (Wildman–Crippen LogP) is 1.52. The highest BCUT2D eigenvalue weighted by Gasteiger charge is 2.33. The maximum Gasteiger partial charge on any atom is 0.533 e. The van der Waals surface area contributed by atoms with E-state index in [9.17, 15) is 19.2 Å². The molecule has 0 atom stereocenters. The van der Waals surface area contributed by atoms with Crippen LogP contribution in [0.2, 0.25) is 0 Å². The first-order valence-electron chi connectivity index (χ1n) is 7.71. The monoisotopic (exact) mass is 350 g/mol. The molecule has 0 saturated carbocycles. The highest BCUT2D eigenvalue weighted by Crippen LogP contribution is 2.12. The van der Waals surface area contributed by atoms with Crippen LogP contribution in [0.3, 0.4) is 0 Å². The van der Waals surface area contributed by atoms with E-state index in [1.807, 2.05) is 30.3 Å². The fourth-order valence-electron chi connectivity index (χ4n) is 1.95. The van der Waals surface area contributed by atoms with Crippen LogP contribution < -0.4 is 5.32 Å². The Balaban J connectivity index is 1.52. The number of carbonyl (C=O) groups is 4. The summed E-state index contributed by atoms with van der Waals surface area (Å²) in [4.78, 5) is 49.8. The Kier molecular flexibility index (Phi) is 6.76. The molecule has 1 N–H and O–H groups in total. The summed E-state index contributed by atoms with van der Waals surface area (Å²) in [5.74, 6) is -1.16. The molecule has 0 unspecified atom stereocenters. The smallest absolute Gasteiger partial charge is 0.445 e. The number of carbonyl (C=O) groups excluding carboxylic acids is 4. The van der Waals surface area contributed by atoms with Crippen molar-refractivity contribution in [3.05, 3.63) is 35.9 Å². The van der Waals surface area contributed by atoms with Crippen LogP contribution in [0.1, 0.15) is 24.8 Å². The van der Waals surface area contributed by atoms with Crippen molar-refractivity contribution >= 4 is 24.1 Å². The molecular formula is C16H18N2O7. The number of nitrogens with zero attached hydrogens (tertiary/aromatic N) is 1. The van der Waals surface area contributed by atoms with Gasteiger partial charge in [-0.25, -0.2) is 9.59 Å². The van der Waals surface area contributed by atoms with Gasteiger partial charge in [0, 0.05) is 19.4 Å². The second-order valence-electron chi connectivity index (χ2n) is 5.11. The zero-order valence-corrected chi connectivity index (χ0v) is 13.4. The molecule has 0 bridgehead atoms. The molecule has 0 spiro atoms. The number of imide groups is 1. The van der Waals surface area contributed by atoms with Crippen LogP contribution in [-0.2, 0) is 30.5 Å². The summed E-state index contributed by atoms with van der Waals surface area (Å²) in [6, 6.07) is 9.22. The van der Waals surface area contributed by atoms with Crippen LogP contribution in [0.4, 0.5) is 9.59 Å². The summed E-state index contributed by atoms with van der Waals surface area (Å²) in [6.45, 7) is 0.337. The molecule has 0 aliphatic carbocycles. The third kappa shape index (κ3) is 6.13. The minimum absolute atomic E-state index is 0.0150. The average molecular weight is 350 g/mol. The molecule has 134 valence electrons. The van der Waals surface area contributed by atoms with E-state index in [0.717, 1.165) is 5.56 Å². The zero-order valence-electron chi connectivity index (χ0n) is 13.4. The lowest BCUT2D eigenvalue weighted by Gasteiger charge is -2.12. The van der Waals surface area contributed by atoms with Gasteiger partial charge >= 0.3 is 12.2 Å². The van der Waals surface area contributed by atoms with Crippen molar-refractivity contribution in [2.45, 2.75) is 25.9 Å². The van der Waals surface area contributed by atoms with E-state index >= 15 is 0 Å². The van der Waals surface area contributed by atoms with E-state index in [-0.39, 0.29) is 32.6 Å². The van der Waals surface area contributed by atoms with E-state index in [4.69, 9.17) is 9.47 Å². The second-order valence-corrected chi connectivity index (χ2v) is 5.11. The fourth-order valence-corrected chi connectivity index (χ4v) is 1.95. The van der Waals surface area contributed by atoms with Crippen LogP contribution in [0.25, 0.3) is 0 Å². The Morgan fingerprint density at radius 2 is 1.72 bits per heavy atom. The van der Waals surface area contributed by atoms with Gasteiger partial charge < -0.3 is 14.8 Å². The molecule has 3 amide bonds. The van der Waals surface area contributed by atoms with Crippen LogP contribution >= 0.6 is 0 Å². The molecule has 1 aliphatic heterocycles. The lowest BCUT2D eigenvalue weighted by Crippen LogP contribution is -2.32. The summed E-state index contributed by atoms with van der Waals surface area (Å²) in [6.07, 6.45) is -1.38. The minimum atomic E-state index is -1.14. The van der Waals surface area contributed by atoms with Crippen molar-refractivity contribution in [2.75, 3.05) is 13.2 Å². The summed E-state index contributed by atoms with van der Waals surface area (Å²) in [5.41, 5.74) is 0.870. The molecule has 25 heavy (non-hydrogen) atoms. The molecule has 9 heteroatoms. The number of hydrogen-bond acceptors (Lipinski definition) is 7. The van der Waals surface area contributed by atoms with Crippen LogP contribution in [0, 0.1) is 0 Å². The van der Waals surface area contributed by atoms with Crippen molar-refractivity contribution < 1.29 is 33.5 Å². The van der Waals surface area contributed by atoms with Crippen molar-refractivity contribution in [3.8, 4) is 0 Å². The van der Waals surface area contributed by atoms with Gasteiger partial charge in [0.25, 0.3) is 11.8 Å². The molecule has 1 saturated heterocycles. The number of hydroxylamine groups is 2. The van der Waals surface area contributed by atoms with Gasteiger partial charge in [0.1, 0.15) is 6.61 Å². The van der Waals surface area contributed by atoms with Crippen LogP contribution in [0.15, 0.2) is 30.3 Å². The number of benzene rings is 1. The largest absolute Gasteiger partial charge is 0.533 e. The molecule has 9 nitrogen and oxygen atoms in total.